The molecule has 1 heterocycles. The average molecular weight is 349 g/mol. The zero-order valence-corrected chi connectivity index (χ0v) is 13.5. The van der Waals surface area contributed by atoms with Crippen molar-refractivity contribution in [2.24, 2.45) is 5.16 Å². The summed E-state index contributed by atoms with van der Waals surface area (Å²) >= 11 is 6.22. The summed E-state index contributed by atoms with van der Waals surface area (Å²) in [4.78, 5) is -0.226. The molecule has 3 rings (SSSR count). The van der Waals surface area contributed by atoms with E-state index < -0.39 is 10.0 Å². The maximum Gasteiger partial charge on any atom is 0.267 e. The molecule has 0 amide bonds. The third-order valence-corrected chi connectivity index (χ3v) is 5.83. The van der Waals surface area contributed by atoms with Crippen LogP contribution in [0.15, 0.2) is 64.7 Å². The van der Waals surface area contributed by atoms with E-state index in [1.807, 2.05) is 30.3 Å². The molecule has 0 saturated carbocycles. The number of para-hydroxylation sites is 1. The van der Waals surface area contributed by atoms with Crippen LogP contribution in [0.5, 0.6) is 0 Å². The van der Waals surface area contributed by atoms with Gasteiger partial charge in [-0.3, -0.25) is 4.31 Å². The summed E-state index contributed by atoms with van der Waals surface area (Å²) in [5.41, 5.74) is 1.91. The highest BCUT2D eigenvalue weighted by Crippen LogP contribution is 2.41. The molecule has 23 heavy (non-hydrogen) atoms. The molecule has 1 N–H and O–H groups in total. The minimum atomic E-state index is -3.92. The maximum absolute atomic E-state index is 12.9. The van der Waals surface area contributed by atoms with Crippen LogP contribution in [0.2, 0.25) is 0 Å². The molecule has 0 aromatic heterocycles. The van der Waals surface area contributed by atoms with Gasteiger partial charge in [-0.15, -0.1) is 0 Å². The molecule has 7 heteroatoms. The summed E-state index contributed by atoms with van der Waals surface area (Å²) in [7, 11) is -3.92. The van der Waals surface area contributed by atoms with Gasteiger partial charge in [0.15, 0.2) is 0 Å². The summed E-state index contributed by atoms with van der Waals surface area (Å²) in [6.07, 6.45) is 0.853. The van der Waals surface area contributed by atoms with Gasteiger partial charge in [-0.2, -0.15) is 0 Å². The lowest BCUT2D eigenvalue weighted by Crippen LogP contribution is -2.35. The van der Waals surface area contributed by atoms with E-state index in [9.17, 15) is 8.42 Å². The Kier molecular flexibility index (Phi) is 4.11. The Balaban J connectivity index is 2.19. The largest absolute Gasteiger partial charge is 0.411 e. The van der Waals surface area contributed by atoms with Gasteiger partial charge in [-0.1, -0.05) is 65.3 Å². The third-order valence-electron chi connectivity index (χ3n) is 3.54. The molecule has 2 aromatic rings. The average Bonchev–Trinajstić information content (AvgIpc) is 2.56. The highest BCUT2D eigenvalue weighted by atomic mass is 35.5. The lowest BCUT2D eigenvalue weighted by Gasteiger charge is -2.31. The van der Waals surface area contributed by atoms with E-state index in [4.69, 9.17) is 16.8 Å². The molecule has 5 nitrogen and oxygen atoms in total. The van der Waals surface area contributed by atoms with Crippen LogP contribution >= 0.6 is 11.6 Å². The molecule has 0 radical (unpaired) electrons. The first-order chi connectivity index (χ1) is 11.1. The van der Waals surface area contributed by atoms with E-state index in [1.54, 1.807) is 24.3 Å². The van der Waals surface area contributed by atoms with Gasteiger partial charge in [0, 0.05) is 5.56 Å². The molecule has 1 aliphatic rings. The first kappa shape index (κ1) is 15.6. The number of anilines is 1. The predicted molar refractivity (Wildman–Crippen MR) is 91.0 cm³/mol. The standard InChI is InChI=1S/C16H13ClN2O3S/c17-16-13-8-4-5-9-14(13)19(11-12-6-2-1-3-7-12)23(21,22)15(16)10-18-20/h1-10,20H,11H2/b18-10+. The van der Waals surface area contributed by atoms with Gasteiger partial charge in [0.2, 0.25) is 0 Å². The summed E-state index contributed by atoms with van der Waals surface area (Å²) < 4.78 is 27.0. The second-order valence-electron chi connectivity index (χ2n) is 4.94. The van der Waals surface area contributed by atoms with Crippen molar-refractivity contribution in [2.75, 3.05) is 4.31 Å². The van der Waals surface area contributed by atoms with Gasteiger partial charge in [0.05, 0.1) is 23.5 Å². The van der Waals surface area contributed by atoms with E-state index in [1.165, 1.54) is 4.31 Å². The number of sulfonamides is 1. The summed E-state index contributed by atoms with van der Waals surface area (Å²) in [5.74, 6) is 0. The van der Waals surface area contributed by atoms with Crippen molar-refractivity contribution < 1.29 is 13.6 Å². The van der Waals surface area contributed by atoms with Gasteiger partial charge in [-0.05, 0) is 11.6 Å². The van der Waals surface area contributed by atoms with Crippen molar-refractivity contribution >= 4 is 38.6 Å². The molecule has 0 bridgehead atoms. The smallest absolute Gasteiger partial charge is 0.267 e. The van der Waals surface area contributed by atoms with E-state index in [0.29, 0.717) is 11.3 Å². The minimum absolute atomic E-state index is 0.0442. The Morgan fingerprint density at radius 2 is 1.74 bits per heavy atom. The summed E-state index contributed by atoms with van der Waals surface area (Å²) in [6, 6.07) is 16.2. The van der Waals surface area contributed by atoms with Gasteiger partial charge < -0.3 is 5.21 Å². The lowest BCUT2D eigenvalue weighted by atomic mass is 10.1. The van der Waals surface area contributed by atoms with E-state index in [-0.39, 0.29) is 16.5 Å². The Morgan fingerprint density at radius 3 is 2.43 bits per heavy atom. The van der Waals surface area contributed by atoms with E-state index in [2.05, 4.69) is 5.16 Å². The van der Waals surface area contributed by atoms with Gasteiger partial charge in [-0.25, -0.2) is 8.42 Å². The number of nitrogens with zero attached hydrogens (tertiary/aromatic N) is 2. The molecule has 0 spiro atoms. The Labute approximate surface area is 139 Å². The van der Waals surface area contributed by atoms with Crippen molar-refractivity contribution in [3.05, 3.63) is 70.6 Å². The number of fused-ring (bicyclic) bond motifs is 1. The zero-order chi connectivity index (χ0) is 16.4. The maximum atomic E-state index is 12.9. The summed E-state index contributed by atoms with van der Waals surface area (Å²) in [5, 5.41) is 11.7. The molecular weight excluding hydrogens is 336 g/mol. The van der Waals surface area contributed by atoms with Crippen molar-refractivity contribution in [2.45, 2.75) is 6.54 Å². The van der Waals surface area contributed by atoms with Crippen LogP contribution in [0.4, 0.5) is 5.69 Å². The predicted octanol–water partition coefficient (Wildman–Crippen LogP) is 3.40. The fourth-order valence-electron chi connectivity index (χ4n) is 2.47. The van der Waals surface area contributed by atoms with Gasteiger partial charge >= 0.3 is 0 Å². The van der Waals surface area contributed by atoms with E-state index in [0.717, 1.165) is 11.8 Å². The van der Waals surface area contributed by atoms with Crippen molar-refractivity contribution in [3.8, 4) is 0 Å². The zero-order valence-electron chi connectivity index (χ0n) is 11.9. The van der Waals surface area contributed by atoms with Crippen LogP contribution in [-0.2, 0) is 16.6 Å². The Bertz CT molecular complexity index is 893. The fraction of sp³-hybridized carbons (Fsp3) is 0.0625. The van der Waals surface area contributed by atoms with Crippen molar-refractivity contribution in [1.29, 1.82) is 0 Å². The molecule has 0 fully saturated rings. The van der Waals surface area contributed by atoms with Crippen LogP contribution in [0.1, 0.15) is 11.1 Å². The molecule has 2 aromatic carbocycles. The molecule has 0 aliphatic carbocycles. The number of oxime groups is 1. The highest BCUT2D eigenvalue weighted by Gasteiger charge is 2.35. The number of hydrogen-bond donors (Lipinski definition) is 1. The molecule has 118 valence electrons. The highest BCUT2D eigenvalue weighted by molar-refractivity contribution is 7.97. The minimum Gasteiger partial charge on any atom is -0.411 e. The van der Waals surface area contributed by atoms with Crippen LogP contribution in [-0.4, -0.2) is 19.8 Å². The second kappa shape index (κ2) is 6.06. The number of hydrogen-bond acceptors (Lipinski definition) is 4. The quantitative estimate of drug-likeness (QED) is 0.525. The van der Waals surface area contributed by atoms with Gasteiger partial charge in [0.25, 0.3) is 10.0 Å². The van der Waals surface area contributed by atoms with Crippen LogP contribution < -0.4 is 4.31 Å². The normalized spacial score (nSPS) is 16.7. The van der Waals surface area contributed by atoms with E-state index >= 15 is 0 Å². The molecular formula is C16H13ClN2O3S. The molecule has 0 saturated heterocycles. The van der Waals surface area contributed by atoms with Gasteiger partial charge in [0.1, 0.15) is 4.91 Å². The van der Waals surface area contributed by atoms with Crippen LogP contribution in [0.25, 0.3) is 5.03 Å². The monoisotopic (exact) mass is 348 g/mol. The van der Waals surface area contributed by atoms with Crippen LogP contribution in [0, 0.1) is 0 Å². The number of benzene rings is 2. The SMILES string of the molecule is O=S1(=O)C(/C=N/O)=C(Cl)c2ccccc2N1Cc1ccccc1. The third kappa shape index (κ3) is 2.71. The number of allylic oxidation sites excluding steroid dienone is 1. The fourth-order valence-corrected chi connectivity index (χ4v) is 4.46. The van der Waals surface area contributed by atoms with Crippen molar-refractivity contribution in [1.82, 2.24) is 0 Å². The lowest BCUT2D eigenvalue weighted by molar-refractivity contribution is 0.322. The first-order valence-corrected chi connectivity index (χ1v) is 8.61. The molecule has 1 aliphatic heterocycles. The number of halogens is 1. The van der Waals surface area contributed by atoms with Crippen molar-refractivity contribution in [3.63, 3.8) is 0 Å². The molecule has 0 unspecified atom stereocenters. The molecule has 0 atom stereocenters. The Morgan fingerprint density at radius 1 is 1.09 bits per heavy atom. The first-order valence-electron chi connectivity index (χ1n) is 6.79. The topological polar surface area (TPSA) is 70.0 Å². The van der Waals surface area contributed by atoms with Crippen LogP contribution in [0.3, 0.4) is 0 Å². The Hall–Kier alpha value is -2.31. The number of rotatable bonds is 3. The second-order valence-corrected chi connectivity index (χ2v) is 7.15. The summed E-state index contributed by atoms with van der Waals surface area (Å²) in [6.45, 7) is 0.160.